The van der Waals surface area contributed by atoms with Gasteiger partial charge >= 0.3 is 0 Å². The number of carbonyl (C=O) groups excluding carboxylic acids is 1. The third kappa shape index (κ3) is 2.04. The van der Waals surface area contributed by atoms with E-state index in [0.717, 1.165) is 24.5 Å². The zero-order valence-corrected chi connectivity index (χ0v) is 10.8. The van der Waals surface area contributed by atoms with Crippen LogP contribution in [0, 0.1) is 0 Å². The molecule has 1 aromatic carbocycles. The Morgan fingerprint density at radius 3 is 3.11 bits per heavy atom. The summed E-state index contributed by atoms with van der Waals surface area (Å²) in [7, 11) is 0. The Balaban J connectivity index is 1.78. The molecule has 0 spiro atoms. The van der Waals surface area contributed by atoms with E-state index in [0.29, 0.717) is 6.54 Å². The fourth-order valence-electron chi connectivity index (χ4n) is 2.58. The van der Waals surface area contributed by atoms with Gasteiger partial charge in [-0.3, -0.25) is 10.1 Å². The molecule has 1 aromatic rings. The van der Waals surface area contributed by atoms with Crippen LogP contribution in [0.4, 0.5) is 0 Å². The lowest BCUT2D eigenvalue weighted by Crippen LogP contribution is -2.45. The van der Waals surface area contributed by atoms with Crippen molar-refractivity contribution in [1.29, 1.82) is 0 Å². The topological polar surface area (TPSA) is 32.3 Å². The van der Waals surface area contributed by atoms with Crippen LogP contribution in [0.5, 0.6) is 0 Å². The van der Waals surface area contributed by atoms with Crippen LogP contribution in [0.25, 0.3) is 0 Å². The van der Waals surface area contributed by atoms with Crippen LogP contribution in [0.2, 0.25) is 5.02 Å². The average Bonchev–Trinajstić information content (AvgIpc) is 2.91. The van der Waals surface area contributed by atoms with Crippen LogP contribution >= 0.6 is 11.6 Å². The number of nitrogens with zero attached hydrogens (tertiary/aromatic N) is 1. The van der Waals surface area contributed by atoms with E-state index < -0.39 is 0 Å². The van der Waals surface area contributed by atoms with Gasteiger partial charge in [0.2, 0.25) is 5.91 Å². The van der Waals surface area contributed by atoms with Crippen molar-refractivity contribution in [3.63, 3.8) is 0 Å². The number of halogens is 1. The lowest BCUT2D eigenvalue weighted by molar-refractivity contribution is -0.133. The van der Waals surface area contributed by atoms with Gasteiger partial charge in [0.1, 0.15) is 6.04 Å². The van der Waals surface area contributed by atoms with Gasteiger partial charge in [-0.25, -0.2) is 0 Å². The van der Waals surface area contributed by atoms with Gasteiger partial charge in [-0.15, -0.1) is 0 Å². The van der Waals surface area contributed by atoms with Crippen LogP contribution in [0.1, 0.15) is 11.1 Å². The highest BCUT2D eigenvalue weighted by molar-refractivity contribution is 6.31. The zero-order chi connectivity index (χ0) is 12.5. The summed E-state index contributed by atoms with van der Waals surface area (Å²) in [5.41, 5.74) is 2.36. The maximum atomic E-state index is 12.3. The molecule has 0 aliphatic carbocycles. The first-order valence-corrected chi connectivity index (χ1v) is 6.58. The molecule has 0 saturated heterocycles. The standard InChI is InChI=1S/C14H15ClN2O/c15-12-4-1-3-10-9-17(8-6-11(10)12)14(18)13-5-2-7-16-13/h1-5,13,16H,6-9H2. The van der Waals surface area contributed by atoms with Gasteiger partial charge in [0.25, 0.3) is 0 Å². The molecule has 1 unspecified atom stereocenters. The molecule has 0 aromatic heterocycles. The van der Waals surface area contributed by atoms with E-state index in [1.54, 1.807) is 0 Å². The average molecular weight is 263 g/mol. The minimum absolute atomic E-state index is 0.147. The summed E-state index contributed by atoms with van der Waals surface area (Å²) < 4.78 is 0. The molecule has 3 rings (SSSR count). The fourth-order valence-corrected chi connectivity index (χ4v) is 2.87. The lowest BCUT2D eigenvalue weighted by Gasteiger charge is -2.31. The van der Waals surface area contributed by atoms with Crippen LogP contribution in [0.3, 0.4) is 0 Å². The second-order valence-electron chi connectivity index (χ2n) is 4.70. The second kappa shape index (κ2) is 4.75. The maximum absolute atomic E-state index is 12.3. The molecule has 3 nitrogen and oxygen atoms in total. The van der Waals surface area contributed by atoms with E-state index in [1.807, 2.05) is 29.2 Å². The number of amides is 1. The molecular weight excluding hydrogens is 248 g/mol. The Hall–Kier alpha value is -1.32. The molecule has 0 fully saturated rings. The fraction of sp³-hybridized carbons (Fsp3) is 0.357. The third-order valence-electron chi connectivity index (χ3n) is 3.57. The van der Waals surface area contributed by atoms with Gasteiger partial charge in [-0.05, 0) is 23.6 Å². The van der Waals surface area contributed by atoms with Gasteiger partial charge < -0.3 is 4.90 Å². The van der Waals surface area contributed by atoms with Crippen LogP contribution < -0.4 is 5.32 Å². The first kappa shape index (κ1) is 11.8. The summed E-state index contributed by atoms with van der Waals surface area (Å²) in [6, 6.07) is 5.77. The Kier molecular flexibility index (Phi) is 3.10. The molecule has 0 bridgehead atoms. The summed E-state index contributed by atoms with van der Waals surface area (Å²) in [6.45, 7) is 2.20. The summed E-state index contributed by atoms with van der Waals surface area (Å²) in [5.74, 6) is 0.161. The minimum atomic E-state index is -0.147. The van der Waals surface area contributed by atoms with Gasteiger partial charge in [0, 0.05) is 24.7 Å². The third-order valence-corrected chi connectivity index (χ3v) is 3.92. The zero-order valence-electron chi connectivity index (χ0n) is 10.0. The highest BCUT2D eigenvalue weighted by atomic mass is 35.5. The quantitative estimate of drug-likeness (QED) is 0.782. The molecule has 94 valence electrons. The van der Waals surface area contributed by atoms with Crippen LogP contribution in [-0.2, 0) is 17.8 Å². The maximum Gasteiger partial charge on any atom is 0.244 e. The van der Waals surface area contributed by atoms with Crippen molar-refractivity contribution in [2.24, 2.45) is 0 Å². The highest BCUT2D eigenvalue weighted by Gasteiger charge is 2.27. The summed E-state index contributed by atoms with van der Waals surface area (Å²) in [4.78, 5) is 14.2. The first-order valence-electron chi connectivity index (χ1n) is 6.21. The molecule has 1 amide bonds. The van der Waals surface area contributed by atoms with E-state index in [1.165, 1.54) is 11.1 Å². The molecule has 2 aliphatic heterocycles. The van der Waals surface area contributed by atoms with E-state index >= 15 is 0 Å². The summed E-state index contributed by atoms with van der Waals surface area (Å²) in [5, 5.41) is 3.98. The lowest BCUT2D eigenvalue weighted by atomic mass is 9.99. The van der Waals surface area contributed by atoms with Crippen molar-refractivity contribution < 1.29 is 4.79 Å². The number of hydrogen-bond acceptors (Lipinski definition) is 2. The van der Waals surface area contributed by atoms with Gasteiger partial charge in [0.05, 0.1) is 0 Å². The van der Waals surface area contributed by atoms with Crippen LogP contribution in [-0.4, -0.2) is 29.9 Å². The number of carbonyl (C=O) groups is 1. The van der Waals surface area contributed by atoms with Crippen molar-refractivity contribution in [3.05, 3.63) is 46.5 Å². The molecule has 4 heteroatoms. The number of nitrogens with one attached hydrogen (secondary N) is 1. The minimum Gasteiger partial charge on any atom is -0.336 e. The molecule has 2 aliphatic rings. The van der Waals surface area contributed by atoms with Crippen molar-refractivity contribution in [2.45, 2.75) is 19.0 Å². The van der Waals surface area contributed by atoms with Gasteiger partial charge in [-0.2, -0.15) is 0 Å². The normalized spacial score (nSPS) is 22.1. The van der Waals surface area contributed by atoms with Gasteiger partial charge in [0.15, 0.2) is 0 Å². The Bertz CT molecular complexity index is 513. The predicted molar refractivity (Wildman–Crippen MR) is 71.5 cm³/mol. The number of benzene rings is 1. The molecule has 1 atom stereocenters. The Labute approximate surface area is 111 Å². The molecule has 0 radical (unpaired) electrons. The van der Waals surface area contributed by atoms with Crippen LogP contribution in [0.15, 0.2) is 30.4 Å². The van der Waals surface area contributed by atoms with E-state index in [-0.39, 0.29) is 11.9 Å². The van der Waals surface area contributed by atoms with Crippen molar-refractivity contribution in [2.75, 3.05) is 13.1 Å². The Morgan fingerprint density at radius 1 is 1.44 bits per heavy atom. The smallest absolute Gasteiger partial charge is 0.244 e. The molecule has 2 heterocycles. The highest BCUT2D eigenvalue weighted by Crippen LogP contribution is 2.26. The Morgan fingerprint density at radius 2 is 2.33 bits per heavy atom. The molecular formula is C14H15ClN2O. The van der Waals surface area contributed by atoms with Crippen molar-refractivity contribution >= 4 is 17.5 Å². The summed E-state index contributed by atoms with van der Waals surface area (Å²) >= 11 is 6.17. The van der Waals surface area contributed by atoms with E-state index in [9.17, 15) is 4.79 Å². The predicted octanol–water partition coefficient (Wildman–Crippen LogP) is 1.75. The SMILES string of the molecule is O=C(C1C=CCN1)N1CCc2c(Cl)cccc2C1. The monoisotopic (exact) mass is 262 g/mol. The molecule has 18 heavy (non-hydrogen) atoms. The van der Waals surface area contributed by atoms with Gasteiger partial charge in [-0.1, -0.05) is 35.9 Å². The number of hydrogen-bond donors (Lipinski definition) is 1. The first-order chi connectivity index (χ1) is 8.75. The number of fused-ring (bicyclic) bond motifs is 1. The summed E-state index contributed by atoms with van der Waals surface area (Å²) in [6.07, 6.45) is 4.78. The van der Waals surface area contributed by atoms with E-state index in [2.05, 4.69) is 11.4 Å². The van der Waals surface area contributed by atoms with Crippen molar-refractivity contribution in [1.82, 2.24) is 10.2 Å². The molecule has 1 N–H and O–H groups in total. The van der Waals surface area contributed by atoms with Crippen molar-refractivity contribution in [3.8, 4) is 0 Å². The molecule has 0 saturated carbocycles. The largest absolute Gasteiger partial charge is 0.336 e. The second-order valence-corrected chi connectivity index (χ2v) is 5.11. The number of rotatable bonds is 1. The van der Waals surface area contributed by atoms with E-state index in [4.69, 9.17) is 11.6 Å².